The first-order valence-electron chi connectivity index (χ1n) is 5.10. The maximum absolute atomic E-state index is 11.4. The van der Waals surface area contributed by atoms with Crippen LogP contribution in [-0.4, -0.2) is 57.5 Å². The van der Waals surface area contributed by atoms with Gasteiger partial charge in [0, 0.05) is 26.8 Å². The van der Waals surface area contributed by atoms with Gasteiger partial charge in [0.1, 0.15) is 11.7 Å². The monoisotopic (exact) mass is 235 g/mol. The van der Waals surface area contributed by atoms with E-state index in [4.69, 9.17) is 9.47 Å². The van der Waals surface area contributed by atoms with E-state index in [1.54, 1.807) is 7.11 Å². The molecule has 2 aliphatic heterocycles. The number of methoxy groups -OCH3 is 1. The van der Waals surface area contributed by atoms with E-state index in [2.05, 4.69) is 0 Å². The molecule has 2 saturated heterocycles. The third-order valence-electron chi connectivity index (χ3n) is 3.29. The van der Waals surface area contributed by atoms with E-state index in [-0.39, 0.29) is 6.10 Å². The lowest BCUT2D eigenvalue weighted by molar-refractivity contribution is -0.0753. The normalized spacial score (nSPS) is 37.9. The summed E-state index contributed by atoms with van der Waals surface area (Å²) in [6.07, 6.45) is 2.97. The molecule has 0 aliphatic carbocycles. The Morgan fingerprint density at radius 1 is 1.53 bits per heavy atom. The first-order chi connectivity index (χ1) is 6.98. The van der Waals surface area contributed by atoms with Crippen molar-refractivity contribution in [2.45, 2.75) is 24.5 Å². The zero-order chi connectivity index (χ0) is 11.1. The summed E-state index contributed by atoms with van der Waals surface area (Å²) in [5.74, 6) is 0. The molecule has 0 aromatic heterocycles. The Morgan fingerprint density at radius 3 is 2.73 bits per heavy atom. The first-order valence-corrected chi connectivity index (χ1v) is 6.95. The Labute approximate surface area is 90.4 Å². The highest BCUT2D eigenvalue weighted by molar-refractivity contribution is 7.88. The molecule has 2 fully saturated rings. The average Bonchev–Trinajstić information content (AvgIpc) is 2.73. The molecule has 0 radical (unpaired) electrons. The van der Waals surface area contributed by atoms with Crippen LogP contribution >= 0.6 is 0 Å². The lowest BCUT2D eigenvalue weighted by Crippen LogP contribution is -2.42. The minimum Gasteiger partial charge on any atom is -0.377 e. The van der Waals surface area contributed by atoms with E-state index in [1.165, 1.54) is 10.6 Å². The van der Waals surface area contributed by atoms with Gasteiger partial charge in [-0.2, -0.15) is 4.31 Å². The Hall–Kier alpha value is -0.170. The summed E-state index contributed by atoms with van der Waals surface area (Å²) in [6.45, 7) is 1.55. The van der Waals surface area contributed by atoms with Gasteiger partial charge < -0.3 is 9.47 Å². The molecule has 0 unspecified atom stereocenters. The van der Waals surface area contributed by atoms with Crippen LogP contribution in [0.3, 0.4) is 0 Å². The van der Waals surface area contributed by atoms with E-state index in [0.717, 1.165) is 12.8 Å². The van der Waals surface area contributed by atoms with Crippen molar-refractivity contribution in [2.75, 3.05) is 33.1 Å². The zero-order valence-electron chi connectivity index (χ0n) is 9.10. The van der Waals surface area contributed by atoms with Crippen LogP contribution < -0.4 is 0 Å². The van der Waals surface area contributed by atoms with E-state index < -0.39 is 15.6 Å². The van der Waals surface area contributed by atoms with Crippen molar-refractivity contribution in [1.82, 2.24) is 4.31 Å². The Balaban J connectivity index is 2.20. The molecule has 5 nitrogen and oxygen atoms in total. The highest BCUT2D eigenvalue weighted by Crippen LogP contribution is 2.37. The van der Waals surface area contributed by atoms with Crippen LogP contribution in [0.2, 0.25) is 0 Å². The molecule has 2 rings (SSSR count). The number of ether oxygens (including phenoxy) is 2. The van der Waals surface area contributed by atoms with Gasteiger partial charge in [0.25, 0.3) is 0 Å². The third-order valence-corrected chi connectivity index (χ3v) is 4.50. The van der Waals surface area contributed by atoms with E-state index in [0.29, 0.717) is 19.7 Å². The van der Waals surface area contributed by atoms with Crippen molar-refractivity contribution < 1.29 is 17.9 Å². The van der Waals surface area contributed by atoms with E-state index in [9.17, 15) is 8.42 Å². The Morgan fingerprint density at radius 2 is 2.27 bits per heavy atom. The molecular formula is C9H17NO4S. The summed E-state index contributed by atoms with van der Waals surface area (Å²) in [4.78, 5) is 0. The molecule has 0 saturated carbocycles. The van der Waals surface area contributed by atoms with Crippen molar-refractivity contribution in [3.8, 4) is 0 Å². The standard InChI is InChI=1S/C9H17NO4S/c1-13-8-6-10(15(2,11)12)7-9(8)4-3-5-14-9/h8H,3-7H2,1-2H3/t8-,9-/m0/s1. The molecule has 0 bridgehead atoms. The highest BCUT2D eigenvalue weighted by Gasteiger charge is 2.52. The number of rotatable bonds is 2. The summed E-state index contributed by atoms with van der Waals surface area (Å²) in [5.41, 5.74) is -0.391. The summed E-state index contributed by atoms with van der Waals surface area (Å²) < 4.78 is 35.4. The SMILES string of the molecule is CO[C@H]1CN(S(C)(=O)=O)C[C@@]12CCCO2. The van der Waals surface area contributed by atoms with Gasteiger partial charge in [0.15, 0.2) is 0 Å². The second kappa shape index (κ2) is 3.69. The Bertz CT molecular complexity index is 334. The van der Waals surface area contributed by atoms with Gasteiger partial charge in [-0.3, -0.25) is 0 Å². The first kappa shape index (κ1) is 11.3. The molecule has 1 spiro atoms. The van der Waals surface area contributed by atoms with Crippen LogP contribution in [-0.2, 0) is 19.5 Å². The molecule has 6 heteroatoms. The van der Waals surface area contributed by atoms with Gasteiger partial charge in [0.2, 0.25) is 10.0 Å². The fourth-order valence-electron chi connectivity index (χ4n) is 2.46. The molecule has 2 heterocycles. The van der Waals surface area contributed by atoms with Crippen molar-refractivity contribution in [3.05, 3.63) is 0 Å². The predicted octanol–water partition coefficient (Wildman–Crippen LogP) is -0.174. The van der Waals surface area contributed by atoms with Crippen molar-refractivity contribution in [3.63, 3.8) is 0 Å². The van der Waals surface area contributed by atoms with Crippen molar-refractivity contribution in [1.29, 1.82) is 0 Å². The van der Waals surface area contributed by atoms with Crippen LogP contribution in [0.4, 0.5) is 0 Å². The third kappa shape index (κ3) is 1.91. The summed E-state index contributed by atoms with van der Waals surface area (Å²) in [6, 6.07) is 0. The number of sulfonamides is 1. The van der Waals surface area contributed by atoms with E-state index in [1.807, 2.05) is 0 Å². The van der Waals surface area contributed by atoms with Gasteiger partial charge in [-0.15, -0.1) is 0 Å². The average molecular weight is 235 g/mol. The minimum absolute atomic E-state index is 0.130. The fourth-order valence-corrected chi connectivity index (χ4v) is 3.32. The maximum atomic E-state index is 11.4. The highest BCUT2D eigenvalue weighted by atomic mass is 32.2. The quantitative estimate of drug-likeness (QED) is 0.666. The molecule has 2 atom stereocenters. The van der Waals surface area contributed by atoms with Crippen LogP contribution in [0.25, 0.3) is 0 Å². The molecule has 0 aromatic carbocycles. The van der Waals surface area contributed by atoms with Crippen LogP contribution in [0.1, 0.15) is 12.8 Å². The molecule has 0 amide bonds. The fraction of sp³-hybridized carbons (Fsp3) is 1.00. The second-order valence-corrected chi connectivity index (χ2v) is 6.28. The number of hydrogen-bond acceptors (Lipinski definition) is 4. The van der Waals surface area contributed by atoms with Crippen LogP contribution in [0.15, 0.2) is 0 Å². The van der Waals surface area contributed by atoms with Gasteiger partial charge in [0.05, 0.1) is 6.26 Å². The lowest BCUT2D eigenvalue weighted by Gasteiger charge is -2.27. The topological polar surface area (TPSA) is 55.8 Å². The van der Waals surface area contributed by atoms with E-state index >= 15 is 0 Å². The molecule has 0 aromatic rings. The molecule has 15 heavy (non-hydrogen) atoms. The zero-order valence-corrected chi connectivity index (χ0v) is 9.92. The summed E-state index contributed by atoms with van der Waals surface area (Å²) in [7, 11) is -1.52. The smallest absolute Gasteiger partial charge is 0.211 e. The number of nitrogens with zero attached hydrogens (tertiary/aromatic N) is 1. The lowest BCUT2D eigenvalue weighted by atomic mass is 9.97. The minimum atomic E-state index is -3.14. The van der Waals surface area contributed by atoms with Gasteiger partial charge >= 0.3 is 0 Å². The maximum Gasteiger partial charge on any atom is 0.211 e. The van der Waals surface area contributed by atoms with Gasteiger partial charge in [-0.25, -0.2) is 8.42 Å². The summed E-state index contributed by atoms with van der Waals surface area (Å²) >= 11 is 0. The second-order valence-electron chi connectivity index (χ2n) is 4.30. The Kier molecular flexibility index (Phi) is 2.79. The largest absolute Gasteiger partial charge is 0.377 e. The predicted molar refractivity (Wildman–Crippen MR) is 55.1 cm³/mol. The van der Waals surface area contributed by atoms with Crippen LogP contribution in [0, 0.1) is 0 Å². The number of hydrogen-bond donors (Lipinski definition) is 0. The van der Waals surface area contributed by atoms with Crippen molar-refractivity contribution in [2.24, 2.45) is 0 Å². The van der Waals surface area contributed by atoms with Gasteiger partial charge in [-0.05, 0) is 12.8 Å². The summed E-state index contributed by atoms with van der Waals surface area (Å²) in [5, 5.41) is 0. The molecule has 2 aliphatic rings. The molecule has 0 N–H and O–H groups in total. The molecule has 88 valence electrons. The molecular weight excluding hydrogens is 218 g/mol. The van der Waals surface area contributed by atoms with Gasteiger partial charge in [-0.1, -0.05) is 0 Å². The van der Waals surface area contributed by atoms with Crippen molar-refractivity contribution >= 4 is 10.0 Å². The van der Waals surface area contributed by atoms with Crippen LogP contribution in [0.5, 0.6) is 0 Å².